The van der Waals surface area contributed by atoms with Gasteiger partial charge >= 0.3 is 6.09 Å². The van der Waals surface area contributed by atoms with Crippen molar-refractivity contribution in [2.24, 2.45) is 0 Å². The van der Waals surface area contributed by atoms with Crippen molar-refractivity contribution in [2.45, 2.75) is 39.2 Å². The van der Waals surface area contributed by atoms with Crippen LogP contribution in [0.15, 0.2) is 36.8 Å². The molecule has 0 N–H and O–H groups in total. The molecule has 3 heterocycles. The first kappa shape index (κ1) is 22.0. The number of sulfone groups is 1. The molecule has 0 atom stereocenters. The van der Waals surface area contributed by atoms with Gasteiger partial charge in [-0.25, -0.2) is 18.2 Å². The van der Waals surface area contributed by atoms with Crippen molar-refractivity contribution in [1.29, 1.82) is 0 Å². The molecule has 3 rings (SSSR count). The highest BCUT2D eigenvalue weighted by Crippen LogP contribution is 2.30. The molecule has 1 amide bonds. The Balaban J connectivity index is 1.84. The van der Waals surface area contributed by atoms with Crippen LogP contribution < -0.4 is 4.90 Å². The Labute approximate surface area is 177 Å². The average Bonchev–Trinajstić information content (AvgIpc) is 2.65. The van der Waals surface area contributed by atoms with E-state index in [-0.39, 0.29) is 11.8 Å². The number of amides is 1. The van der Waals surface area contributed by atoms with Crippen LogP contribution in [0.5, 0.6) is 0 Å². The van der Waals surface area contributed by atoms with Crippen molar-refractivity contribution in [2.75, 3.05) is 23.5 Å². The number of carbonyl (C=O) groups excluding carboxylic acids is 1. The van der Waals surface area contributed by atoms with E-state index in [2.05, 4.69) is 9.97 Å². The molecule has 0 bridgehead atoms. The zero-order chi connectivity index (χ0) is 21.9. The maximum Gasteiger partial charge on any atom is 0.416 e. The Kier molecular flexibility index (Phi) is 6.26. The van der Waals surface area contributed by atoms with Crippen LogP contribution in [0.2, 0.25) is 0 Å². The molecule has 0 spiro atoms. The van der Waals surface area contributed by atoms with Crippen molar-refractivity contribution < 1.29 is 17.9 Å². The van der Waals surface area contributed by atoms with Crippen LogP contribution in [0.4, 0.5) is 10.6 Å². The summed E-state index contributed by atoms with van der Waals surface area (Å²) < 4.78 is 28.1. The van der Waals surface area contributed by atoms with Gasteiger partial charge < -0.3 is 4.74 Å². The van der Waals surface area contributed by atoms with E-state index in [1.54, 1.807) is 35.6 Å². The first-order chi connectivity index (χ1) is 14.0. The number of aromatic nitrogens is 2. The van der Waals surface area contributed by atoms with E-state index >= 15 is 0 Å². The Morgan fingerprint density at radius 1 is 1.20 bits per heavy atom. The van der Waals surface area contributed by atoms with E-state index in [4.69, 9.17) is 4.74 Å². The second kappa shape index (κ2) is 8.55. The summed E-state index contributed by atoms with van der Waals surface area (Å²) in [6.45, 7) is 6.11. The number of pyridine rings is 2. The average molecular weight is 430 g/mol. The molecular weight excluding hydrogens is 402 g/mol. The number of hydrogen-bond acceptors (Lipinski definition) is 6. The van der Waals surface area contributed by atoms with Crippen LogP contribution in [0.3, 0.4) is 0 Å². The number of carbonyl (C=O) groups is 1. The molecule has 0 unspecified atom stereocenters. The molecule has 2 aromatic heterocycles. The van der Waals surface area contributed by atoms with Gasteiger partial charge in [0, 0.05) is 42.5 Å². The van der Waals surface area contributed by atoms with Gasteiger partial charge in [-0.1, -0.05) is 12.2 Å². The minimum Gasteiger partial charge on any atom is -0.443 e. The summed E-state index contributed by atoms with van der Waals surface area (Å²) >= 11 is 0. The lowest BCUT2D eigenvalue weighted by molar-refractivity contribution is 0.0576. The predicted molar refractivity (Wildman–Crippen MR) is 118 cm³/mol. The van der Waals surface area contributed by atoms with Crippen molar-refractivity contribution in [3.8, 4) is 11.1 Å². The highest BCUT2D eigenvalue weighted by molar-refractivity contribution is 7.90. The van der Waals surface area contributed by atoms with E-state index in [1.165, 1.54) is 6.26 Å². The van der Waals surface area contributed by atoms with Crippen LogP contribution in [-0.2, 0) is 21.0 Å². The van der Waals surface area contributed by atoms with Crippen molar-refractivity contribution in [1.82, 2.24) is 9.97 Å². The van der Waals surface area contributed by atoms with Crippen molar-refractivity contribution >= 4 is 27.8 Å². The van der Waals surface area contributed by atoms with E-state index in [0.29, 0.717) is 12.4 Å². The van der Waals surface area contributed by atoms with Gasteiger partial charge in [-0.05, 0) is 56.9 Å². The molecule has 0 saturated carbocycles. The molecule has 30 heavy (non-hydrogen) atoms. The van der Waals surface area contributed by atoms with Crippen LogP contribution in [0, 0.1) is 0 Å². The number of nitrogens with zero attached hydrogens (tertiary/aromatic N) is 3. The molecule has 1 aliphatic heterocycles. The van der Waals surface area contributed by atoms with Gasteiger partial charge in [0.2, 0.25) is 0 Å². The number of hydrogen-bond donors (Lipinski definition) is 0. The maximum atomic E-state index is 12.6. The second-order valence-corrected chi connectivity index (χ2v) is 10.6. The number of aryl methyl sites for hydroxylation is 1. The summed E-state index contributed by atoms with van der Waals surface area (Å²) in [5, 5.41) is 0. The standard InChI is InChI=1S/C22H27N3O4S/c1-22(2,3)29-21(26)25-9-5-8-17-12-19(15-24-20(17)25)18-11-16(13-23-14-18)7-6-10-30(4,27)28/h6-7,11-15H,5,8-10H2,1-4H3/b7-6+. The van der Waals surface area contributed by atoms with E-state index in [1.807, 2.05) is 32.9 Å². The molecule has 2 aromatic rings. The molecule has 0 saturated heterocycles. The highest BCUT2D eigenvalue weighted by atomic mass is 32.2. The third-order valence-corrected chi connectivity index (χ3v) is 5.24. The predicted octanol–water partition coefficient (Wildman–Crippen LogP) is 3.89. The Morgan fingerprint density at radius 2 is 1.93 bits per heavy atom. The SMILES string of the molecule is CC(C)(C)OC(=O)N1CCCc2cc(-c3cncc(/C=C/CS(C)(=O)=O)c3)cnc21. The van der Waals surface area contributed by atoms with Crippen molar-refractivity contribution in [3.05, 3.63) is 47.9 Å². The molecule has 7 nitrogen and oxygen atoms in total. The summed E-state index contributed by atoms with van der Waals surface area (Å²) in [6.07, 6.45) is 11.0. The third kappa shape index (κ3) is 5.89. The molecular formula is C22H27N3O4S. The van der Waals surface area contributed by atoms with Gasteiger partial charge in [-0.3, -0.25) is 9.88 Å². The molecule has 160 valence electrons. The Hall–Kier alpha value is -2.74. The fraction of sp³-hybridized carbons (Fsp3) is 0.409. The van der Waals surface area contributed by atoms with Crippen LogP contribution in [0.25, 0.3) is 17.2 Å². The van der Waals surface area contributed by atoms with Crippen LogP contribution >= 0.6 is 0 Å². The summed E-state index contributed by atoms with van der Waals surface area (Å²) in [7, 11) is -3.05. The summed E-state index contributed by atoms with van der Waals surface area (Å²) in [5.41, 5.74) is 3.00. The molecule has 8 heteroatoms. The third-order valence-electron chi connectivity index (χ3n) is 4.44. The zero-order valence-corrected chi connectivity index (χ0v) is 18.6. The van der Waals surface area contributed by atoms with Crippen LogP contribution in [-0.4, -0.2) is 48.6 Å². The lowest BCUT2D eigenvalue weighted by Gasteiger charge is -2.30. The summed E-state index contributed by atoms with van der Waals surface area (Å²) in [6, 6.07) is 3.96. The van der Waals surface area contributed by atoms with E-state index in [9.17, 15) is 13.2 Å². The van der Waals surface area contributed by atoms with Crippen LogP contribution in [0.1, 0.15) is 38.3 Å². The fourth-order valence-electron chi connectivity index (χ4n) is 3.18. The Bertz CT molecular complexity index is 1070. The van der Waals surface area contributed by atoms with E-state index in [0.717, 1.165) is 35.1 Å². The molecule has 1 aliphatic rings. The second-order valence-electron chi connectivity index (χ2n) is 8.44. The smallest absolute Gasteiger partial charge is 0.416 e. The largest absolute Gasteiger partial charge is 0.443 e. The highest BCUT2D eigenvalue weighted by Gasteiger charge is 2.28. The maximum absolute atomic E-state index is 12.6. The first-order valence-electron chi connectivity index (χ1n) is 9.81. The van der Waals surface area contributed by atoms with Gasteiger partial charge in [0.25, 0.3) is 0 Å². The molecule has 0 radical (unpaired) electrons. The molecule has 0 fully saturated rings. The fourth-order valence-corrected chi connectivity index (χ4v) is 3.63. The van der Waals surface area contributed by atoms with Gasteiger partial charge in [-0.2, -0.15) is 0 Å². The van der Waals surface area contributed by atoms with Gasteiger partial charge in [0.15, 0.2) is 9.84 Å². The lowest BCUT2D eigenvalue weighted by atomic mass is 10.0. The van der Waals surface area contributed by atoms with Gasteiger partial charge in [0.05, 0.1) is 5.75 Å². The molecule has 0 aromatic carbocycles. The Morgan fingerprint density at radius 3 is 2.63 bits per heavy atom. The lowest BCUT2D eigenvalue weighted by Crippen LogP contribution is -2.40. The number of anilines is 1. The number of ether oxygens (including phenoxy) is 1. The topological polar surface area (TPSA) is 89.5 Å². The zero-order valence-electron chi connectivity index (χ0n) is 17.8. The minimum atomic E-state index is -3.05. The summed E-state index contributed by atoms with van der Waals surface area (Å²) in [4.78, 5) is 23.0. The van der Waals surface area contributed by atoms with Crippen molar-refractivity contribution in [3.63, 3.8) is 0 Å². The first-order valence-corrected chi connectivity index (χ1v) is 11.9. The minimum absolute atomic E-state index is 0.0157. The monoisotopic (exact) mass is 429 g/mol. The van der Waals surface area contributed by atoms with Gasteiger partial charge in [-0.15, -0.1) is 0 Å². The normalized spacial score (nSPS) is 14.6. The number of fused-ring (bicyclic) bond motifs is 1. The summed E-state index contributed by atoms with van der Waals surface area (Å²) in [5.74, 6) is 0.620. The quantitative estimate of drug-likeness (QED) is 0.732. The van der Waals surface area contributed by atoms with Gasteiger partial charge in [0.1, 0.15) is 11.4 Å². The molecule has 0 aliphatic carbocycles. The number of rotatable bonds is 4. The van der Waals surface area contributed by atoms with E-state index < -0.39 is 15.4 Å².